The summed E-state index contributed by atoms with van der Waals surface area (Å²) in [4.78, 5) is 17.4. The van der Waals surface area contributed by atoms with Crippen LogP contribution in [0.15, 0.2) is 48.7 Å². The molecule has 0 unspecified atom stereocenters. The van der Waals surface area contributed by atoms with E-state index in [1.54, 1.807) is 18.2 Å². The minimum Gasteiger partial charge on any atom is -0.495 e. The molecule has 0 radical (unpaired) electrons. The van der Waals surface area contributed by atoms with Crippen molar-refractivity contribution in [2.75, 3.05) is 26.6 Å². The Morgan fingerprint density at radius 1 is 0.971 bits per heavy atom. The van der Waals surface area contributed by atoms with Crippen molar-refractivity contribution in [1.29, 1.82) is 0 Å². The van der Waals surface area contributed by atoms with E-state index in [2.05, 4.69) is 15.4 Å². The van der Waals surface area contributed by atoms with Gasteiger partial charge in [-0.2, -0.15) is 18.3 Å². The lowest BCUT2D eigenvalue weighted by atomic mass is 10.1. The normalized spacial score (nSPS) is 11.4. The highest BCUT2D eigenvalue weighted by Gasteiger charge is 2.36. The van der Waals surface area contributed by atoms with Gasteiger partial charge in [0.15, 0.2) is 22.8 Å². The number of methoxy groups -OCH3 is 3. The average Bonchev–Trinajstić information content (AvgIpc) is 3.26. The first kappa shape index (κ1) is 24.1. The molecule has 0 spiro atoms. The first-order valence-corrected chi connectivity index (χ1v) is 10.4. The maximum atomic E-state index is 13.9. The average molecular weight is 507 g/mol. The van der Waals surface area contributed by atoms with Gasteiger partial charge >= 0.3 is 6.18 Å². The second-order valence-corrected chi connectivity index (χ2v) is 7.62. The summed E-state index contributed by atoms with van der Waals surface area (Å²) in [5.41, 5.74) is -1.06. The second-order valence-electron chi connectivity index (χ2n) is 7.19. The summed E-state index contributed by atoms with van der Waals surface area (Å²) >= 11 is 6.00. The van der Waals surface area contributed by atoms with E-state index in [0.29, 0.717) is 32.4 Å². The molecule has 0 fully saturated rings. The van der Waals surface area contributed by atoms with Crippen LogP contribution < -0.4 is 19.5 Å². The molecule has 0 atom stereocenters. The molecule has 35 heavy (non-hydrogen) atoms. The molecule has 1 amide bonds. The Labute approximate surface area is 202 Å². The molecule has 0 bridgehead atoms. The van der Waals surface area contributed by atoms with Gasteiger partial charge in [-0.25, -0.2) is 9.50 Å². The molecule has 2 aromatic heterocycles. The number of benzene rings is 2. The van der Waals surface area contributed by atoms with Crippen LogP contribution in [0.3, 0.4) is 0 Å². The lowest BCUT2D eigenvalue weighted by Crippen LogP contribution is -2.16. The van der Waals surface area contributed by atoms with E-state index in [4.69, 9.17) is 25.8 Å². The Morgan fingerprint density at radius 3 is 2.31 bits per heavy atom. The van der Waals surface area contributed by atoms with Crippen LogP contribution in [0, 0.1) is 0 Å². The highest BCUT2D eigenvalue weighted by molar-refractivity contribution is 6.31. The van der Waals surface area contributed by atoms with Crippen LogP contribution in [0.5, 0.6) is 17.2 Å². The number of ether oxygens (including phenoxy) is 3. The number of carbonyl (C=O) groups is 1. The first-order chi connectivity index (χ1) is 16.7. The molecule has 2 heterocycles. The number of amides is 1. The van der Waals surface area contributed by atoms with E-state index in [-0.39, 0.29) is 22.6 Å². The van der Waals surface area contributed by atoms with E-state index < -0.39 is 17.8 Å². The third-order valence-electron chi connectivity index (χ3n) is 5.10. The van der Waals surface area contributed by atoms with Crippen molar-refractivity contribution >= 4 is 28.8 Å². The number of alkyl halides is 3. The molecule has 182 valence electrons. The SMILES string of the molecule is COc1ccc(Cl)cc1NC(=O)c1cnn2c(C(F)(F)F)cc(-c3ccc(OC)c(OC)c3)nc12. The van der Waals surface area contributed by atoms with Crippen molar-refractivity contribution in [3.05, 3.63) is 64.9 Å². The number of nitrogens with one attached hydrogen (secondary N) is 1. The van der Waals surface area contributed by atoms with Gasteiger partial charge in [-0.3, -0.25) is 4.79 Å². The number of rotatable bonds is 6. The number of nitrogens with zero attached hydrogens (tertiary/aromatic N) is 3. The highest BCUT2D eigenvalue weighted by atomic mass is 35.5. The van der Waals surface area contributed by atoms with Crippen LogP contribution in [0.4, 0.5) is 18.9 Å². The molecule has 12 heteroatoms. The van der Waals surface area contributed by atoms with Crippen LogP contribution in [0.25, 0.3) is 16.9 Å². The van der Waals surface area contributed by atoms with Crippen molar-refractivity contribution in [1.82, 2.24) is 14.6 Å². The number of halogens is 4. The quantitative estimate of drug-likeness (QED) is 0.379. The fraction of sp³-hybridized carbons (Fsp3) is 0.174. The summed E-state index contributed by atoms with van der Waals surface area (Å²) in [6, 6.07) is 9.98. The molecular formula is C23H18ClF3N4O4. The van der Waals surface area contributed by atoms with Crippen molar-refractivity contribution in [3.63, 3.8) is 0 Å². The largest absolute Gasteiger partial charge is 0.495 e. The van der Waals surface area contributed by atoms with E-state index in [0.717, 1.165) is 12.3 Å². The maximum Gasteiger partial charge on any atom is 0.433 e. The summed E-state index contributed by atoms with van der Waals surface area (Å²) in [6.07, 6.45) is -3.76. The summed E-state index contributed by atoms with van der Waals surface area (Å²) in [7, 11) is 4.25. The zero-order chi connectivity index (χ0) is 25.3. The monoisotopic (exact) mass is 506 g/mol. The molecule has 4 aromatic rings. The standard InChI is InChI=1S/C23H18ClF3N4O4/c1-33-17-7-5-13(24)9-16(17)30-22(32)14-11-28-31-20(23(25,26)27)10-15(29-21(14)31)12-4-6-18(34-2)19(8-12)35-3/h4-11H,1-3H3,(H,30,32). The van der Waals surface area contributed by atoms with Crippen LogP contribution in [-0.4, -0.2) is 41.8 Å². The van der Waals surface area contributed by atoms with Crippen LogP contribution in [0.2, 0.25) is 5.02 Å². The molecule has 2 aromatic carbocycles. The summed E-state index contributed by atoms with van der Waals surface area (Å²) in [5.74, 6) is 0.271. The Balaban J connectivity index is 1.85. The second kappa shape index (κ2) is 9.34. The van der Waals surface area contributed by atoms with Gasteiger partial charge in [0.2, 0.25) is 0 Å². The third kappa shape index (κ3) is 4.67. The number of hydrogen-bond donors (Lipinski definition) is 1. The predicted molar refractivity (Wildman–Crippen MR) is 122 cm³/mol. The minimum absolute atomic E-state index is 0.0411. The predicted octanol–water partition coefficient (Wildman–Crippen LogP) is 5.35. The van der Waals surface area contributed by atoms with Gasteiger partial charge in [-0.1, -0.05) is 11.6 Å². The van der Waals surface area contributed by atoms with E-state index in [1.165, 1.54) is 39.5 Å². The minimum atomic E-state index is -4.78. The molecule has 0 aliphatic rings. The van der Waals surface area contributed by atoms with E-state index in [1.807, 2.05) is 0 Å². The van der Waals surface area contributed by atoms with Crippen LogP contribution in [0.1, 0.15) is 16.1 Å². The Bertz CT molecular complexity index is 1420. The first-order valence-electron chi connectivity index (χ1n) is 9.99. The molecule has 4 rings (SSSR count). The Hall–Kier alpha value is -3.99. The molecular weight excluding hydrogens is 489 g/mol. The lowest BCUT2D eigenvalue weighted by molar-refractivity contribution is -0.142. The summed E-state index contributed by atoms with van der Waals surface area (Å²) in [6.45, 7) is 0. The Morgan fingerprint density at radius 2 is 1.66 bits per heavy atom. The highest BCUT2D eigenvalue weighted by Crippen LogP contribution is 2.36. The van der Waals surface area contributed by atoms with Gasteiger partial charge in [0.05, 0.1) is 38.9 Å². The van der Waals surface area contributed by atoms with E-state index in [9.17, 15) is 18.0 Å². The van der Waals surface area contributed by atoms with Crippen molar-refractivity contribution < 1.29 is 32.2 Å². The zero-order valence-corrected chi connectivity index (χ0v) is 19.4. The zero-order valence-electron chi connectivity index (χ0n) is 18.6. The number of carbonyl (C=O) groups excluding carboxylic acids is 1. The maximum absolute atomic E-state index is 13.9. The number of anilines is 1. The summed E-state index contributed by atoms with van der Waals surface area (Å²) < 4.78 is 58.0. The van der Waals surface area contributed by atoms with E-state index >= 15 is 0 Å². The fourth-order valence-corrected chi connectivity index (χ4v) is 3.61. The number of aromatic nitrogens is 3. The van der Waals surface area contributed by atoms with Gasteiger partial charge in [0.25, 0.3) is 5.91 Å². The van der Waals surface area contributed by atoms with Crippen molar-refractivity contribution in [2.45, 2.75) is 6.18 Å². The van der Waals surface area contributed by atoms with Crippen LogP contribution in [-0.2, 0) is 6.18 Å². The molecule has 0 saturated carbocycles. The van der Waals surface area contributed by atoms with Crippen molar-refractivity contribution in [3.8, 4) is 28.5 Å². The summed E-state index contributed by atoms with van der Waals surface area (Å²) in [5, 5.41) is 6.69. The van der Waals surface area contributed by atoms with Gasteiger partial charge in [-0.05, 0) is 42.5 Å². The Kier molecular flexibility index (Phi) is 6.44. The smallest absolute Gasteiger partial charge is 0.433 e. The van der Waals surface area contributed by atoms with Crippen LogP contribution >= 0.6 is 11.6 Å². The third-order valence-corrected chi connectivity index (χ3v) is 5.33. The fourth-order valence-electron chi connectivity index (χ4n) is 3.44. The van der Waals surface area contributed by atoms with Gasteiger partial charge in [0.1, 0.15) is 11.3 Å². The molecule has 1 N–H and O–H groups in total. The number of fused-ring (bicyclic) bond motifs is 1. The van der Waals surface area contributed by atoms with Gasteiger partial charge < -0.3 is 19.5 Å². The van der Waals surface area contributed by atoms with Gasteiger partial charge in [0, 0.05) is 10.6 Å². The van der Waals surface area contributed by atoms with Gasteiger partial charge in [-0.15, -0.1) is 0 Å². The topological polar surface area (TPSA) is 87.0 Å². The molecule has 8 nitrogen and oxygen atoms in total. The molecule has 0 aliphatic carbocycles. The molecule has 0 saturated heterocycles. The lowest BCUT2D eigenvalue weighted by Gasteiger charge is -2.13. The number of hydrogen-bond acceptors (Lipinski definition) is 6. The molecule has 0 aliphatic heterocycles. The van der Waals surface area contributed by atoms with Crippen molar-refractivity contribution in [2.24, 2.45) is 0 Å².